The van der Waals surface area contributed by atoms with Gasteiger partial charge in [-0.2, -0.15) is 9.78 Å². The Morgan fingerprint density at radius 2 is 2.00 bits per heavy atom. The van der Waals surface area contributed by atoms with Crippen LogP contribution >= 0.6 is 31.9 Å². The van der Waals surface area contributed by atoms with E-state index in [0.29, 0.717) is 34.6 Å². The van der Waals surface area contributed by atoms with E-state index in [1.807, 2.05) is 38.1 Å². The number of hydrogen-bond donors (Lipinski definition) is 0. The maximum atomic E-state index is 13.0. The Labute approximate surface area is 192 Å². The van der Waals surface area contributed by atoms with Crippen LogP contribution in [-0.4, -0.2) is 29.1 Å². The molecule has 0 saturated carbocycles. The molecule has 158 valence electrons. The maximum absolute atomic E-state index is 13.0. The predicted octanol–water partition coefficient (Wildman–Crippen LogP) is 5.55. The molecular weight excluding hydrogens is 514 g/mol. The molecule has 0 fully saturated rings. The van der Waals surface area contributed by atoms with Gasteiger partial charge in [0, 0.05) is 10.9 Å². The molecule has 1 aromatic heterocycles. The van der Waals surface area contributed by atoms with Crippen molar-refractivity contribution in [2.45, 2.75) is 39.7 Å². The van der Waals surface area contributed by atoms with Crippen LogP contribution in [0.5, 0.6) is 11.5 Å². The zero-order valence-electron chi connectivity index (χ0n) is 17.3. The van der Waals surface area contributed by atoms with Crippen LogP contribution in [0, 0.1) is 0 Å². The van der Waals surface area contributed by atoms with Crippen molar-refractivity contribution < 1.29 is 9.47 Å². The topological polar surface area (TPSA) is 65.7 Å². The van der Waals surface area contributed by atoms with Gasteiger partial charge in [0.25, 0.3) is 5.56 Å². The van der Waals surface area contributed by atoms with Crippen LogP contribution in [0.25, 0.3) is 10.9 Å². The average molecular weight is 537 g/mol. The minimum absolute atomic E-state index is 0.0587. The molecule has 1 atom stereocenters. The Balaban J connectivity index is 2.05. The molecule has 0 bridgehead atoms. The van der Waals surface area contributed by atoms with Gasteiger partial charge in [0.2, 0.25) is 0 Å². The first-order valence-electron chi connectivity index (χ1n) is 9.67. The first-order chi connectivity index (χ1) is 14.4. The number of hydrogen-bond acceptors (Lipinski definition) is 5. The second-order valence-electron chi connectivity index (χ2n) is 6.78. The second kappa shape index (κ2) is 9.75. The van der Waals surface area contributed by atoms with Gasteiger partial charge in [0.1, 0.15) is 5.82 Å². The molecule has 0 unspecified atom stereocenters. The first kappa shape index (κ1) is 22.5. The Morgan fingerprint density at radius 3 is 2.67 bits per heavy atom. The normalized spacial score (nSPS) is 12.5. The van der Waals surface area contributed by atoms with E-state index in [-0.39, 0.29) is 11.7 Å². The van der Waals surface area contributed by atoms with E-state index in [4.69, 9.17) is 9.47 Å². The lowest BCUT2D eigenvalue weighted by Gasteiger charge is -2.17. The first-order valence-corrected chi connectivity index (χ1v) is 11.3. The van der Waals surface area contributed by atoms with Crippen molar-refractivity contribution >= 4 is 49.0 Å². The summed E-state index contributed by atoms with van der Waals surface area (Å²) in [6, 6.07) is 9.16. The van der Waals surface area contributed by atoms with Crippen molar-refractivity contribution in [1.82, 2.24) is 9.66 Å². The highest BCUT2D eigenvalue weighted by Crippen LogP contribution is 2.37. The lowest BCUT2D eigenvalue weighted by Crippen LogP contribution is -2.22. The number of halogens is 2. The highest BCUT2D eigenvalue weighted by atomic mass is 79.9. The van der Waals surface area contributed by atoms with E-state index in [1.54, 1.807) is 19.4 Å². The zero-order valence-corrected chi connectivity index (χ0v) is 20.4. The number of fused-ring (bicyclic) bond motifs is 1. The molecule has 0 amide bonds. The molecule has 0 aliphatic carbocycles. The van der Waals surface area contributed by atoms with Crippen LogP contribution in [-0.2, 0) is 6.42 Å². The summed E-state index contributed by atoms with van der Waals surface area (Å²) in [5.41, 5.74) is 1.21. The van der Waals surface area contributed by atoms with E-state index in [0.717, 1.165) is 20.9 Å². The van der Waals surface area contributed by atoms with Gasteiger partial charge in [-0.25, -0.2) is 4.98 Å². The van der Waals surface area contributed by atoms with Crippen LogP contribution < -0.4 is 15.0 Å². The van der Waals surface area contributed by atoms with E-state index in [2.05, 4.69) is 48.9 Å². The van der Waals surface area contributed by atoms with Crippen LogP contribution in [0.4, 0.5) is 0 Å². The summed E-state index contributed by atoms with van der Waals surface area (Å²) in [7, 11) is 1.59. The lowest BCUT2D eigenvalue weighted by molar-refractivity contribution is 0.206. The SMILES string of the molecule is CCc1nc2ccc(Br)cc2c(=O)n1N=Cc1cc(Br)c(O[C@@H](C)CC)c(OC)c1. The van der Waals surface area contributed by atoms with Crippen LogP contribution in [0.1, 0.15) is 38.6 Å². The summed E-state index contributed by atoms with van der Waals surface area (Å²) in [6.07, 6.45) is 3.13. The molecule has 3 rings (SSSR count). The predicted molar refractivity (Wildman–Crippen MR) is 127 cm³/mol. The molecule has 0 N–H and O–H groups in total. The lowest BCUT2D eigenvalue weighted by atomic mass is 10.2. The summed E-state index contributed by atoms with van der Waals surface area (Å²) in [5.74, 6) is 1.83. The minimum Gasteiger partial charge on any atom is -0.493 e. The highest BCUT2D eigenvalue weighted by molar-refractivity contribution is 9.10. The van der Waals surface area contributed by atoms with Gasteiger partial charge in [-0.15, -0.1) is 0 Å². The molecular formula is C22H23Br2N3O3. The quantitative estimate of drug-likeness (QED) is 0.371. The van der Waals surface area contributed by atoms with Crippen molar-refractivity contribution in [3.05, 3.63) is 61.0 Å². The molecule has 6 nitrogen and oxygen atoms in total. The minimum atomic E-state index is -0.211. The molecule has 0 spiro atoms. The number of nitrogens with zero attached hydrogens (tertiary/aromatic N) is 3. The van der Waals surface area contributed by atoms with Crippen molar-refractivity contribution in [3.63, 3.8) is 0 Å². The van der Waals surface area contributed by atoms with Crippen LogP contribution in [0.15, 0.2) is 49.2 Å². The molecule has 0 aliphatic rings. The van der Waals surface area contributed by atoms with E-state index < -0.39 is 0 Å². The zero-order chi connectivity index (χ0) is 21.8. The Hall–Kier alpha value is -2.19. The molecule has 8 heteroatoms. The smallest absolute Gasteiger partial charge is 0.282 e. The largest absolute Gasteiger partial charge is 0.493 e. The second-order valence-corrected chi connectivity index (χ2v) is 8.55. The van der Waals surface area contributed by atoms with E-state index in [1.165, 1.54) is 4.68 Å². The number of aryl methyl sites for hydroxylation is 1. The van der Waals surface area contributed by atoms with Crippen molar-refractivity contribution in [1.29, 1.82) is 0 Å². The Kier molecular flexibility index (Phi) is 7.31. The van der Waals surface area contributed by atoms with Crippen LogP contribution in [0.3, 0.4) is 0 Å². The summed E-state index contributed by atoms with van der Waals surface area (Å²) in [6.45, 7) is 6.01. The summed E-state index contributed by atoms with van der Waals surface area (Å²) in [4.78, 5) is 17.6. The van der Waals surface area contributed by atoms with Crippen molar-refractivity contribution in [3.8, 4) is 11.5 Å². The molecule has 1 heterocycles. The molecule has 3 aromatic rings. The standard InChI is InChI=1S/C22H23Br2N3O3/c1-5-13(3)30-21-17(24)9-14(10-19(21)29-4)12-25-27-20(6-2)26-18-8-7-15(23)11-16(18)22(27)28/h7-13H,5-6H2,1-4H3/t13-/m0/s1. The fourth-order valence-corrected chi connectivity index (χ4v) is 3.79. The number of benzene rings is 2. The number of methoxy groups -OCH3 is 1. The maximum Gasteiger partial charge on any atom is 0.282 e. The number of aromatic nitrogens is 2. The number of rotatable bonds is 7. The monoisotopic (exact) mass is 535 g/mol. The van der Waals surface area contributed by atoms with E-state index >= 15 is 0 Å². The molecule has 30 heavy (non-hydrogen) atoms. The Morgan fingerprint density at radius 1 is 1.23 bits per heavy atom. The third-order valence-corrected chi connectivity index (χ3v) is 5.74. The molecule has 2 aromatic carbocycles. The van der Waals surface area contributed by atoms with Gasteiger partial charge >= 0.3 is 0 Å². The average Bonchev–Trinajstić information content (AvgIpc) is 2.74. The van der Waals surface area contributed by atoms with Gasteiger partial charge in [-0.05, 0) is 65.2 Å². The molecule has 0 saturated heterocycles. The van der Waals surface area contributed by atoms with Gasteiger partial charge in [-0.1, -0.05) is 29.8 Å². The summed E-state index contributed by atoms with van der Waals surface area (Å²) >= 11 is 6.96. The van der Waals surface area contributed by atoms with Gasteiger partial charge in [-0.3, -0.25) is 4.79 Å². The fraction of sp³-hybridized carbons (Fsp3) is 0.318. The summed E-state index contributed by atoms with van der Waals surface area (Å²) < 4.78 is 14.4. The van der Waals surface area contributed by atoms with E-state index in [9.17, 15) is 4.79 Å². The van der Waals surface area contributed by atoms with Crippen molar-refractivity contribution in [2.24, 2.45) is 5.10 Å². The van der Waals surface area contributed by atoms with Crippen LogP contribution in [0.2, 0.25) is 0 Å². The highest BCUT2D eigenvalue weighted by Gasteiger charge is 2.14. The molecule has 0 aliphatic heterocycles. The third kappa shape index (κ3) is 4.75. The molecule has 0 radical (unpaired) electrons. The third-order valence-electron chi connectivity index (χ3n) is 4.66. The van der Waals surface area contributed by atoms with Gasteiger partial charge in [0.05, 0.1) is 34.8 Å². The Bertz CT molecular complexity index is 1160. The van der Waals surface area contributed by atoms with Gasteiger partial charge < -0.3 is 9.47 Å². The fourth-order valence-electron chi connectivity index (χ4n) is 2.88. The summed E-state index contributed by atoms with van der Waals surface area (Å²) in [5, 5.41) is 4.94. The number of ether oxygens (including phenoxy) is 2. The van der Waals surface area contributed by atoms with Gasteiger partial charge in [0.15, 0.2) is 11.5 Å². The van der Waals surface area contributed by atoms with Crippen molar-refractivity contribution in [2.75, 3.05) is 7.11 Å².